The molecule has 0 aliphatic rings. The van der Waals surface area contributed by atoms with E-state index in [1.165, 1.54) is 24.3 Å². The second kappa shape index (κ2) is 6.79. The Morgan fingerprint density at radius 3 is 2.28 bits per heavy atom. The van der Waals surface area contributed by atoms with E-state index < -0.39 is 10.5 Å². The first-order valence-corrected chi connectivity index (χ1v) is 7.20. The molecule has 1 heterocycles. The number of nitro groups is 1. The lowest BCUT2D eigenvalue weighted by molar-refractivity contribution is -0.384. The SMILES string of the molecule is COc1ccc(N=Nc2c(-c3ccc([N+](=O)[O-])cc3)[nH][nH]c2=O)cc1. The molecule has 2 aromatic carbocycles. The molecule has 0 unspecified atom stereocenters. The van der Waals surface area contributed by atoms with Crippen molar-refractivity contribution >= 4 is 17.1 Å². The number of methoxy groups -OCH3 is 1. The first-order valence-electron chi connectivity index (χ1n) is 7.20. The normalized spacial score (nSPS) is 10.9. The first-order chi connectivity index (χ1) is 12.1. The maximum Gasteiger partial charge on any atom is 0.292 e. The van der Waals surface area contributed by atoms with Crippen molar-refractivity contribution in [2.75, 3.05) is 7.11 Å². The molecule has 0 spiro atoms. The van der Waals surface area contributed by atoms with E-state index in [-0.39, 0.29) is 11.4 Å². The van der Waals surface area contributed by atoms with Gasteiger partial charge in [-0.1, -0.05) is 0 Å². The minimum atomic E-state index is -0.492. The van der Waals surface area contributed by atoms with Crippen LogP contribution < -0.4 is 10.3 Å². The second-order valence-electron chi connectivity index (χ2n) is 5.00. The van der Waals surface area contributed by atoms with Gasteiger partial charge in [-0.2, -0.15) is 5.11 Å². The van der Waals surface area contributed by atoms with Crippen molar-refractivity contribution in [3.63, 3.8) is 0 Å². The minimum absolute atomic E-state index is 0.0389. The monoisotopic (exact) mass is 339 g/mol. The van der Waals surface area contributed by atoms with Crippen LogP contribution >= 0.6 is 0 Å². The molecular weight excluding hydrogens is 326 g/mol. The van der Waals surface area contributed by atoms with Crippen molar-refractivity contribution < 1.29 is 9.66 Å². The van der Waals surface area contributed by atoms with Crippen molar-refractivity contribution in [3.8, 4) is 17.0 Å². The molecule has 9 heteroatoms. The molecule has 0 aliphatic carbocycles. The fourth-order valence-corrected chi connectivity index (χ4v) is 2.16. The molecule has 0 bridgehead atoms. The summed E-state index contributed by atoms with van der Waals surface area (Å²) in [6.07, 6.45) is 0. The Hall–Kier alpha value is -3.75. The third-order valence-electron chi connectivity index (χ3n) is 3.46. The Labute approximate surface area is 141 Å². The number of benzene rings is 2. The van der Waals surface area contributed by atoms with Gasteiger partial charge in [0.05, 0.1) is 23.4 Å². The van der Waals surface area contributed by atoms with Gasteiger partial charge in [0, 0.05) is 17.7 Å². The van der Waals surface area contributed by atoms with Gasteiger partial charge in [-0.05, 0) is 36.4 Å². The molecular formula is C16H13N5O4. The third kappa shape index (κ3) is 3.44. The molecule has 0 atom stereocenters. The van der Waals surface area contributed by atoms with E-state index in [0.29, 0.717) is 22.7 Å². The summed E-state index contributed by atoms with van der Waals surface area (Å²) in [4.78, 5) is 22.2. The minimum Gasteiger partial charge on any atom is -0.497 e. The highest BCUT2D eigenvalue weighted by atomic mass is 16.6. The summed E-state index contributed by atoms with van der Waals surface area (Å²) in [5.41, 5.74) is 1.14. The number of non-ortho nitro benzene ring substituents is 1. The highest BCUT2D eigenvalue weighted by molar-refractivity contribution is 5.71. The lowest BCUT2D eigenvalue weighted by Crippen LogP contribution is -1.96. The Morgan fingerprint density at radius 2 is 1.68 bits per heavy atom. The van der Waals surface area contributed by atoms with Gasteiger partial charge < -0.3 is 4.74 Å². The number of aromatic amines is 2. The first kappa shape index (κ1) is 16.1. The standard InChI is InChI=1S/C16H13N5O4/c1-25-13-8-4-11(5-9-13)17-19-15-14(18-20-16(15)22)10-2-6-12(7-3-10)21(23)24/h2-9H,1H3,(H2,18,20,22). The number of nitrogens with zero attached hydrogens (tertiary/aromatic N) is 3. The summed E-state index contributed by atoms with van der Waals surface area (Å²) in [6.45, 7) is 0. The predicted octanol–water partition coefficient (Wildman–Crippen LogP) is 3.70. The maximum absolute atomic E-state index is 11.9. The molecule has 3 aromatic rings. The van der Waals surface area contributed by atoms with Gasteiger partial charge in [0.25, 0.3) is 11.2 Å². The van der Waals surface area contributed by atoms with E-state index in [1.54, 1.807) is 31.4 Å². The van der Waals surface area contributed by atoms with Crippen LogP contribution in [0.3, 0.4) is 0 Å². The van der Waals surface area contributed by atoms with Crippen molar-refractivity contribution in [2.45, 2.75) is 0 Å². The molecule has 9 nitrogen and oxygen atoms in total. The van der Waals surface area contributed by atoms with Crippen LogP contribution in [0, 0.1) is 10.1 Å². The predicted molar refractivity (Wildman–Crippen MR) is 90.7 cm³/mol. The van der Waals surface area contributed by atoms with Crippen molar-refractivity contribution in [1.82, 2.24) is 10.2 Å². The molecule has 0 saturated heterocycles. The van der Waals surface area contributed by atoms with Crippen LogP contribution in [0.5, 0.6) is 5.75 Å². The van der Waals surface area contributed by atoms with E-state index >= 15 is 0 Å². The molecule has 126 valence electrons. The quantitative estimate of drug-likeness (QED) is 0.417. The van der Waals surface area contributed by atoms with E-state index in [4.69, 9.17) is 4.74 Å². The molecule has 0 amide bonds. The van der Waals surface area contributed by atoms with Crippen LogP contribution in [0.2, 0.25) is 0 Å². The van der Waals surface area contributed by atoms with Gasteiger partial charge in [-0.25, -0.2) is 0 Å². The van der Waals surface area contributed by atoms with Crippen LogP contribution in [0.4, 0.5) is 17.1 Å². The molecule has 0 fully saturated rings. The second-order valence-corrected chi connectivity index (χ2v) is 5.00. The van der Waals surface area contributed by atoms with Crippen molar-refractivity contribution in [2.24, 2.45) is 10.2 Å². The molecule has 2 N–H and O–H groups in total. The fraction of sp³-hybridized carbons (Fsp3) is 0.0625. The zero-order chi connectivity index (χ0) is 17.8. The van der Waals surface area contributed by atoms with Crippen molar-refractivity contribution in [3.05, 3.63) is 69.0 Å². The van der Waals surface area contributed by atoms with Gasteiger partial charge >= 0.3 is 0 Å². The number of aromatic nitrogens is 2. The Balaban J connectivity index is 1.92. The third-order valence-corrected chi connectivity index (χ3v) is 3.46. The average Bonchev–Trinajstić information content (AvgIpc) is 3.01. The number of hydrogen-bond donors (Lipinski definition) is 2. The Bertz CT molecular complexity index is 971. The van der Waals surface area contributed by atoms with Gasteiger partial charge in [0.1, 0.15) is 5.75 Å². The average molecular weight is 339 g/mol. The van der Waals surface area contributed by atoms with Crippen LogP contribution in [-0.4, -0.2) is 22.2 Å². The van der Waals surface area contributed by atoms with E-state index in [2.05, 4.69) is 20.4 Å². The summed E-state index contributed by atoms with van der Waals surface area (Å²) in [5, 5.41) is 23.9. The Morgan fingerprint density at radius 1 is 1.00 bits per heavy atom. The van der Waals surface area contributed by atoms with Crippen LogP contribution in [0.15, 0.2) is 63.6 Å². The topological polar surface area (TPSA) is 126 Å². The highest BCUT2D eigenvalue weighted by Gasteiger charge is 2.13. The number of nitrogens with one attached hydrogen (secondary N) is 2. The van der Waals surface area contributed by atoms with E-state index in [1.807, 2.05) is 0 Å². The number of rotatable bonds is 5. The smallest absolute Gasteiger partial charge is 0.292 e. The van der Waals surface area contributed by atoms with Crippen LogP contribution in [0.1, 0.15) is 0 Å². The van der Waals surface area contributed by atoms with Gasteiger partial charge in [0.15, 0.2) is 5.69 Å². The van der Waals surface area contributed by atoms with Gasteiger partial charge in [-0.3, -0.25) is 25.1 Å². The lowest BCUT2D eigenvalue weighted by Gasteiger charge is -1.99. The Kier molecular flexibility index (Phi) is 4.38. The number of hydrogen-bond acceptors (Lipinski definition) is 6. The van der Waals surface area contributed by atoms with Gasteiger partial charge in [0.2, 0.25) is 0 Å². The summed E-state index contributed by atoms with van der Waals surface area (Å²) < 4.78 is 5.06. The zero-order valence-electron chi connectivity index (χ0n) is 13.1. The van der Waals surface area contributed by atoms with Crippen LogP contribution in [0.25, 0.3) is 11.3 Å². The molecule has 3 rings (SSSR count). The maximum atomic E-state index is 11.9. The zero-order valence-corrected chi connectivity index (χ0v) is 13.1. The van der Waals surface area contributed by atoms with E-state index in [0.717, 1.165) is 0 Å². The van der Waals surface area contributed by atoms with Crippen molar-refractivity contribution in [1.29, 1.82) is 0 Å². The summed E-state index contributed by atoms with van der Waals surface area (Å²) in [5.74, 6) is 0.685. The largest absolute Gasteiger partial charge is 0.497 e. The lowest BCUT2D eigenvalue weighted by atomic mass is 10.1. The fourth-order valence-electron chi connectivity index (χ4n) is 2.16. The molecule has 0 radical (unpaired) electrons. The molecule has 0 saturated carbocycles. The number of ether oxygens (including phenoxy) is 1. The summed E-state index contributed by atoms with van der Waals surface area (Å²) >= 11 is 0. The molecule has 0 aliphatic heterocycles. The summed E-state index contributed by atoms with van der Waals surface area (Å²) in [6, 6.07) is 12.6. The highest BCUT2D eigenvalue weighted by Crippen LogP contribution is 2.28. The van der Waals surface area contributed by atoms with Crippen LogP contribution in [-0.2, 0) is 0 Å². The number of nitro benzene ring substituents is 1. The number of azo groups is 1. The number of H-pyrrole nitrogens is 2. The van der Waals surface area contributed by atoms with E-state index in [9.17, 15) is 14.9 Å². The molecule has 25 heavy (non-hydrogen) atoms. The summed E-state index contributed by atoms with van der Waals surface area (Å²) in [7, 11) is 1.56. The van der Waals surface area contributed by atoms with Gasteiger partial charge in [-0.15, -0.1) is 5.11 Å². The molecule has 1 aromatic heterocycles.